The van der Waals surface area contributed by atoms with Crippen molar-refractivity contribution in [2.45, 2.75) is 39.2 Å². The molecule has 0 aliphatic heterocycles. The van der Waals surface area contributed by atoms with Gasteiger partial charge in [-0.15, -0.1) is 0 Å². The summed E-state index contributed by atoms with van der Waals surface area (Å²) >= 11 is 0. The minimum atomic E-state index is -0.787. The highest BCUT2D eigenvalue weighted by atomic mass is 16.6. The van der Waals surface area contributed by atoms with Crippen molar-refractivity contribution in [1.29, 1.82) is 0 Å². The maximum Gasteiger partial charge on any atom is 0.269 e. The van der Waals surface area contributed by atoms with Crippen LogP contribution in [-0.2, 0) is 16.1 Å². The Kier molecular flexibility index (Phi) is 7.00. The zero-order chi connectivity index (χ0) is 27.7. The number of carbonyl (C=O) groups is 2. The van der Waals surface area contributed by atoms with E-state index in [1.165, 1.54) is 12.1 Å². The molecule has 1 saturated carbocycles. The minimum absolute atomic E-state index is 0.0353. The highest BCUT2D eigenvalue weighted by Crippen LogP contribution is 2.44. The average molecular weight is 524 g/mol. The van der Waals surface area contributed by atoms with Gasteiger partial charge in [0.2, 0.25) is 0 Å². The Morgan fingerprint density at radius 2 is 1.59 bits per heavy atom. The molecule has 4 aromatic rings. The summed E-state index contributed by atoms with van der Waals surface area (Å²) in [5, 5.41) is 13.0. The number of Topliss-reactive ketones (excluding diaryl/α,β-unsaturated/α-hetero) is 2. The van der Waals surface area contributed by atoms with E-state index < -0.39 is 16.8 Å². The first-order chi connectivity index (χ1) is 18.6. The van der Waals surface area contributed by atoms with Crippen LogP contribution in [0.4, 0.5) is 5.69 Å². The number of ketones is 2. The Balaban J connectivity index is 1.66. The van der Waals surface area contributed by atoms with Crippen molar-refractivity contribution in [2.75, 3.05) is 7.11 Å². The zero-order valence-corrected chi connectivity index (χ0v) is 22.3. The van der Waals surface area contributed by atoms with Gasteiger partial charge in [-0.3, -0.25) is 19.7 Å². The third-order valence-electron chi connectivity index (χ3n) is 7.54. The van der Waals surface area contributed by atoms with Gasteiger partial charge in [0.1, 0.15) is 17.3 Å². The molecule has 1 unspecified atom stereocenters. The molecule has 0 radical (unpaired) electrons. The lowest BCUT2D eigenvalue weighted by atomic mass is 9.65. The molecule has 7 nitrogen and oxygen atoms in total. The van der Waals surface area contributed by atoms with Gasteiger partial charge >= 0.3 is 0 Å². The zero-order valence-electron chi connectivity index (χ0n) is 22.3. The van der Waals surface area contributed by atoms with Crippen molar-refractivity contribution >= 4 is 28.0 Å². The summed E-state index contributed by atoms with van der Waals surface area (Å²) in [6, 6.07) is 22.1. The number of hydrogen-bond acceptors (Lipinski definition) is 5. The minimum Gasteiger partial charge on any atom is -0.497 e. The second kappa shape index (κ2) is 10.4. The van der Waals surface area contributed by atoms with Crippen LogP contribution in [0.1, 0.15) is 49.3 Å². The second-order valence-electron chi connectivity index (χ2n) is 11.1. The van der Waals surface area contributed by atoms with Gasteiger partial charge in [0.25, 0.3) is 5.69 Å². The number of ether oxygens (including phenoxy) is 1. The molecule has 1 fully saturated rings. The number of hydrogen-bond donors (Lipinski definition) is 0. The van der Waals surface area contributed by atoms with Crippen molar-refractivity contribution in [3.8, 4) is 5.75 Å². The van der Waals surface area contributed by atoms with Gasteiger partial charge in [-0.25, -0.2) is 0 Å². The Hall–Kier alpha value is -4.39. The molecule has 0 saturated heterocycles. The van der Waals surface area contributed by atoms with Gasteiger partial charge in [0, 0.05) is 47.4 Å². The first-order valence-corrected chi connectivity index (χ1v) is 13.0. The lowest BCUT2D eigenvalue weighted by Gasteiger charge is -2.36. The van der Waals surface area contributed by atoms with Crippen molar-refractivity contribution in [3.63, 3.8) is 0 Å². The van der Waals surface area contributed by atoms with E-state index in [1.807, 2.05) is 79.3 Å². The average Bonchev–Trinajstić information content (AvgIpc) is 2.90. The highest BCUT2D eigenvalue weighted by molar-refractivity contribution is 6.07. The largest absolute Gasteiger partial charge is 0.497 e. The summed E-state index contributed by atoms with van der Waals surface area (Å²) in [5.41, 5.74) is 2.36. The van der Waals surface area contributed by atoms with Crippen LogP contribution in [0.25, 0.3) is 10.8 Å². The van der Waals surface area contributed by atoms with Crippen LogP contribution in [0.2, 0.25) is 0 Å². The van der Waals surface area contributed by atoms with Crippen molar-refractivity contribution in [2.24, 2.45) is 11.3 Å². The van der Waals surface area contributed by atoms with E-state index in [9.17, 15) is 19.7 Å². The second-order valence-corrected chi connectivity index (χ2v) is 11.1. The molecule has 1 heterocycles. The fourth-order valence-electron chi connectivity index (χ4n) is 5.75. The third-order valence-corrected chi connectivity index (χ3v) is 7.54. The van der Waals surface area contributed by atoms with Crippen LogP contribution in [0.3, 0.4) is 0 Å². The van der Waals surface area contributed by atoms with Gasteiger partial charge < -0.3 is 4.74 Å². The van der Waals surface area contributed by atoms with Gasteiger partial charge in [-0.05, 0) is 46.7 Å². The van der Waals surface area contributed by atoms with Crippen LogP contribution < -0.4 is 9.30 Å². The lowest BCUT2D eigenvalue weighted by Crippen LogP contribution is -2.42. The first-order valence-electron chi connectivity index (χ1n) is 13.0. The van der Waals surface area contributed by atoms with Crippen LogP contribution in [0.15, 0.2) is 85.2 Å². The summed E-state index contributed by atoms with van der Waals surface area (Å²) in [6.45, 7) is 4.42. The molecule has 1 aliphatic carbocycles. The van der Waals surface area contributed by atoms with E-state index in [-0.39, 0.29) is 22.7 Å². The molecule has 7 heteroatoms. The maximum absolute atomic E-state index is 13.6. The van der Waals surface area contributed by atoms with E-state index in [1.54, 1.807) is 19.2 Å². The number of aromatic nitrogens is 1. The molecule has 1 atom stereocenters. The Morgan fingerprint density at radius 3 is 2.21 bits per heavy atom. The SMILES string of the molecule is COc1ccc(C(c2c[n+](Cc3ccc([N+](=O)[O-])cc3)cc3ccccc23)C2C(=O)CC(C)(C)CC2=O)cc1. The number of nitro benzene ring substituents is 1. The molecule has 1 aromatic heterocycles. The van der Waals surface area contributed by atoms with E-state index in [0.717, 1.165) is 27.5 Å². The molecule has 0 bridgehead atoms. The van der Waals surface area contributed by atoms with Gasteiger partial charge in [0.15, 0.2) is 18.9 Å². The summed E-state index contributed by atoms with van der Waals surface area (Å²) in [4.78, 5) is 37.9. The summed E-state index contributed by atoms with van der Waals surface area (Å²) in [7, 11) is 1.61. The lowest BCUT2D eigenvalue weighted by molar-refractivity contribution is -0.687. The van der Waals surface area contributed by atoms with Crippen LogP contribution in [0, 0.1) is 21.4 Å². The van der Waals surface area contributed by atoms with E-state index in [0.29, 0.717) is 25.1 Å². The number of carbonyl (C=O) groups excluding carboxylic acids is 2. The van der Waals surface area contributed by atoms with E-state index in [2.05, 4.69) is 0 Å². The summed E-state index contributed by atoms with van der Waals surface area (Å²) in [5.74, 6) is -0.629. The number of nitro groups is 1. The number of methoxy groups -OCH3 is 1. The number of nitrogens with zero attached hydrogens (tertiary/aromatic N) is 2. The summed E-state index contributed by atoms with van der Waals surface area (Å²) in [6.07, 6.45) is 4.74. The molecule has 5 rings (SSSR count). The fourth-order valence-corrected chi connectivity index (χ4v) is 5.75. The van der Waals surface area contributed by atoms with Gasteiger partial charge in [-0.1, -0.05) is 44.2 Å². The van der Waals surface area contributed by atoms with Crippen LogP contribution in [0.5, 0.6) is 5.75 Å². The van der Waals surface area contributed by atoms with Crippen LogP contribution >= 0.6 is 0 Å². The molecule has 1 aliphatic rings. The molecular weight excluding hydrogens is 492 g/mol. The molecule has 39 heavy (non-hydrogen) atoms. The monoisotopic (exact) mass is 523 g/mol. The molecule has 198 valence electrons. The number of benzene rings is 3. The van der Waals surface area contributed by atoms with Gasteiger partial charge in [0.05, 0.1) is 18.0 Å². The molecule has 3 aromatic carbocycles. The van der Waals surface area contributed by atoms with Crippen molar-refractivity contribution in [3.05, 3.63) is 112 Å². The fraction of sp³-hybridized carbons (Fsp3) is 0.281. The third kappa shape index (κ3) is 5.43. The van der Waals surface area contributed by atoms with Crippen molar-refractivity contribution in [1.82, 2.24) is 0 Å². The smallest absolute Gasteiger partial charge is 0.269 e. The predicted octanol–water partition coefficient (Wildman–Crippen LogP) is 5.80. The normalized spacial score (nSPS) is 16.3. The number of rotatable bonds is 7. The first kappa shape index (κ1) is 26.2. The van der Waals surface area contributed by atoms with Gasteiger partial charge in [-0.2, -0.15) is 4.57 Å². The van der Waals surface area contributed by atoms with E-state index in [4.69, 9.17) is 4.74 Å². The quantitative estimate of drug-likeness (QED) is 0.132. The van der Waals surface area contributed by atoms with E-state index >= 15 is 0 Å². The Labute approximate surface area is 227 Å². The highest BCUT2D eigenvalue weighted by Gasteiger charge is 2.45. The number of fused-ring (bicyclic) bond motifs is 1. The topological polar surface area (TPSA) is 90.4 Å². The standard InChI is InChI=1S/C32H31N2O5/c1-32(2)16-28(35)31(29(36)17-32)30(22-10-14-25(39-3)15-11-22)27-20-33(19-23-6-4-5-7-26(23)27)18-21-8-12-24(13-9-21)34(37)38/h4-15,19-20,30-31H,16-18H2,1-3H3/q+1. The Bertz CT molecular complexity index is 1540. The molecule has 0 N–H and O–H groups in total. The predicted molar refractivity (Wildman–Crippen MR) is 148 cm³/mol. The summed E-state index contributed by atoms with van der Waals surface area (Å²) < 4.78 is 7.39. The van der Waals surface area contributed by atoms with Crippen LogP contribution in [-0.4, -0.2) is 23.6 Å². The number of non-ortho nitro benzene ring substituents is 1. The maximum atomic E-state index is 13.6. The molecular formula is C32H31N2O5+. The molecule has 0 spiro atoms. The Morgan fingerprint density at radius 1 is 0.949 bits per heavy atom. The van der Waals surface area contributed by atoms with Crippen molar-refractivity contribution < 1.29 is 23.8 Å². The number of pyridine rings is 1. The molecule has 0 amide bonds.